The van der Waals surface area contributed by atoms with Crippen molar-refractivity contribution in [2.75, 3.05) is 0 Å². The highest BCUT2D eigenvalue weighted by molar-refractivity contribution is 6.36. The van der Waals surface area contributed by atoms with Gasteiger partial charge in [0.25, 0.3) is 0 Å². The lowest BCUT2D eigenvalue weighted by atomic mass is 10.1. The van der Waals surface area contributed by atoms with Crippen molar-refractivity contribution in [2.24, 2.45) is 4.99 Å². The molecule has 0 saturated carbocycles. The lowest BCUT2D eigenvalue weighted by Crippen LogP contribution is -2.10. The molecule has 0 bridgehead atoms. The number of ether oxygens (including phenoxy) is 1. The number of nitro benzene ring substituents is 1. The van der Waals surface area contributed by atoms with Crippen molar-refractivity contribution >= 4 is 46.8 Å². The number of aryl methyl sites for hydroxylation is 2. The third-order valence-corrected chi connectivity index (χ3v) is 4.80. The summed E-state index contributed by atoms with van der Waals surface area (Å²) in [6.45, 7) is 3.89. The van der Waals surface area contributed by atoms with Gasteiger partial charge in [0, 0.05) is 17.3 Å². The van der Waals surface area contributed by atoms with Gasteiger partial charge in [-0.15, -0.1) is 0 Å². The molecule has 30 heavy (non-hydrogen) atoms. The van der Waals surface area contributed by atoms with Crippen molar-refractivity contribution in [1.82, 2.24) is 0 Å². The minimum Gasteiger partial charge on any atom is -0.416 e. The van der Waals surface area contributed by atoms with E-state index in [1.54, 1.807) is 6.07 Å². The van der Waals surface area contributed by atoms with Gasteiger partial charge in [0.2, 0.25) is 5.75 Å². The molecule has 3 rings (SSSR count). The summed E-state index contributed by atoms with van der Waals surface area (Å²) < 4.78 is 5.21. The van der Waals surface area contributed by atoms with Crippen molar-refractivity contribution in [3.05, 3.63) is 97.0 Å². The van der Waals surface area contributed by atoms with Crippen LogP contribution in [0.3, 0.4) is 0 Å². The largest absolute Gasteiger partial charge is 0.416 e. The molecule has 0 aliphatic heterocycles. The predicted octanol–water partition coefficient (Wildman–Crippen LogP) is 6.49. The Kier molecular flexibility index (Phi) is 6.50. The average Bonchev–Trinajstić information content (AvgIpc) is 2.69. The van der Waals surface area contributed by atoms with E-state index in [2.05, 4.69) is 4.99 Å². The summed E-state index contributed by atoms with van der Waals surface area (Å²) in [4.78, 5) is 27.7. The first-order valence-corrected chi connectivity index (χ1v) is 9.57. The number of carbonyl (C=O) groups excluding carboxylic acids is 1. The Labute approximate surface area is 182 Å². The Morgan fingerprint density at radius 1 is 1.07 bits per heavy atom. The summed E-state index contributed by atoms with van der Waals surface area (Å²) >= 11 is 11.8. The molecular weight excluding hydrogens is 427 g/mol. The second-order valence-corrected chi connectivity index (χ2v) is 7.39. The van der Waals surface area contributed by atoms with Gasteiger partial charge in [0.05, 0.1) is 21.2 Å². The molecule has 0 unspecified atom stereocenters. The number of aliphatic imine (C=N–C) groups is 1. The molecule has 6 nitrogen and oxygen atoms in total. The maximum absolute atomic E-state index is 12.4. The summed E-state index contributed by atoms with van der Waals surface area (Å²) in [5.74, 6) is -1.02. The highest BCUT2D eigenvalue weighted by atomic mass is 35.5. The van der Waals surface area contributed by atoms with Gasteiger partial charge < -0.3 is 4.74 Å². The van der Waals surface area contributed by atoms with Crippen molar-refractivity contribution in [3.63, 3.8) is 0 Å². The van der Waals surface area contributed by atoms with E-state index in [0.29, 0.717) is 10.6 Å². The Morgan fingerprint density at radius 3 is 2.53 bits per heavy atom. The van der Waals surface area contributed by atoms with Crippen LogP contribution < -0.4 is 4.74 Å². The van der Waals surface area contributed by atoms with E-state index in [1.165, 1.54) is 36.5 Å². The number of nitrogens with zero attached hydrogens (tertiary/aromatic N) is 2. The lowest BCUT2D eigenvalue weighted by Gasteiger charge is -2.07. The smallest absolute Gasteiger partial charge is 0.345 e. The molecule has 3 aromatic carbocycles. The zero-order chi connectivity index (χ0) is 21.8. The van der Waals surface area contributed by atoms with Crippen LogP contribution >= 0.6 is 23.2 Å². The van der Waals surface area contributed by atoms with E-state index < -0.39 is 10.9 Å². The molecule has 0 aliphatic carbocycles. The molecule has 0 aliphatic rings. The second kappa shape index (κ2) is 9.07. The van der Waals surface area contributed by atoms with Crippen molar-refractivity contribution in [2.45, 2.75) is 13.8 Å². The van der Waals surface area contributed by atoms with E-state index in [9.17, 15) is 14.9 Å². The minimum absolute atomic E-state index is 0.0518. The molecule has 8 heteroatoms. The van der Waals surface area contributed by atoms with Gasteiger partial charge in [0.1, 0.15) is 0 Å². The first-order valence-electron chi connectivity index (χ1n) is 8.81. The van der Waals surface area contributed by atoms with Gasteiger partial charge in [-0.25, -0.2) is 4.79 Å². The molecular formula is C22H16Cl2N2O4. The maximum atomic E-state index is 12.4. The molecule has 0 N–H and O–H groups in total. The van der Waals surface area contributed by atoms with Crippen LogP contribution in [0.1, 0.15) is 27.0 Å². The predicted molar refractivity (Wildman–Crippen MR) is 118 cm³/mol. The van der Waals surface area contributed by atoms with Gasteiger partial charge in [-0.05, 0) is 66.9 Å². The molecule has 0 atom stereocenters. The third-order valence-electron chi connectivity index (χ3n) is 4.25. The molecule has 0 heterocycles. The van der Waals surface area contributed by atoms with Gasteiger partial charge >= 0.3 is 11.7 Å². The van der Waals surface area contributed by atoms with Crippen molar-refractivity contribution in [1.29, 1.82) is 0 Å². The summed E-state index contributed by atoms with van der Waals surface area (Å²) in [7, 11) is 0. The van der Waals surface area contributed by atoms with E-state index in [-0.39, 0.29) is 22.0 Å². The highest BCUT2D eigenvalue weighted by Crippen LogP contribution is 2.30. The van der Waals surface area contributed by atoms with Crippen LogP contribution in [-0.4, -0.2) is 17.1 Å². The number of halogens is 2. The minimum atomic E-state index is -0.823. The van der Waals surface area contributed by atoms with Crippen LogP contribution in [0, 0.1) is 24.0 Å². The SMILES string of the molecule is Cc1ccc(C)c(N=Cc2ccc(OC(=O)c3ccc(Cl)cc3Cl)c([N+](=O)[O-])c2)c1. The van der Waals surface area contributed by atoms with E-state index in [1.807, 2.05) is 32.0 Å². The average molecular weight is 443 g/mol. The summed E-state index contributed by atoms with van der Waals surface area (Å²) in [6, 6.07) is 14.3. The molecule has 0 spiro atoms. The first kappa shape index (κ1) is 21.5. The third kappa shape index (κ3) is 5.03. The van der Waals surface area contributed by atoms with Crippen LogP contribution in [0.4, 0.5) is 11.4 Å². The monoisotopic (exact) mass is 442 g/mol. The zero-order valence-corrected chi connectivity index (χ0v) is 17.6. The standard InChI is InChI=1S/C22H16Cl2N2O4/c1-13-3-4-14(2)19(9-13)25-12-15-5-8-21(20(10-15)26(28)29)30-22(27)17-7-6-16(23)11-18(17)24/h3-12H,1-2H3. The quantitative estimate of drug-likeness (QED) is 0.148. The molecule has 0 aromatic heterocycles. The Morgan fingerprint density at radius 2 is 1.83 bits per heavy atom. The number of benzene rings is 3. The zero-order valence-electron chi connectivity index (χ0n) is 16.1. The number of nitro groups is 1. The fraction of sp³-hybridized carbons (Fsp3) is 0.0909. The molecule has 152 valence electrons. The second-order valence-electron chi connectivity index (χ2n) is 6.55. The van der Waals surface area contributed by atoms with Crippen LogP contribution in [0.25, 0.3) is 0 Å². The molecule has 0 fully saturated rings. The summed E-state index contributed by atoms with van der Waals surface area (Å²) in [5.41, 5.74) is 2.99. The highest BCUT2D eigenvalue weighted by Gasteiger charge is 2.21. The van der Waals surface area contributed by atoms with E-state index >= 15 is 0 Å². The lowest BCUT2D eigenvalue weighted by molar-refractivity contribution is -0.385. The fourth-order valence-electron chi connectivity index (χ4n) is 2.66. The number of rotatable bonds is 5. The number of hydrogen-bond donors (Lipinski definition) is 0. The molecule has 3 aromatic rings. The van der Waals surface area contributed by atoms with Gasteiger partial charge in [-0.2, -0.15) is 0 Å². The Balaban J connectivity index is 1.88. The van der Waals surface area contributed by atoms with E-state index in [0.717, 1.165) is 16.8 Å². The summed E-state index contributed by atoms with van der Waals surface area (Å²) in [5, 5.41) is 11.9. The topological polar surface area (TPSA) is 81.8 Å². The fourth-order valence-corrected chi connectivity index (χ4v) is 3.14. The van der Waals surface area contributed by atoms with Crippen LogP contribution in [0.5, 0.6) is 5.75 Å². The van der Waals surface area contributed by atoms with Crippen LogP contribution in [0.2, 0.25) is 10.0 Å². The van der Waals surface area contributed by atoms with Gasteiger partial charge in [-0.1, -0.05) is 35.3 Å². The molecule has 0 radical (unpaired) electrons. The maximum Gasteiger partial charge on any atom is 0.345 e. The molecule has 0 amide bonds. The van der Waals surface area contributed by atoms with Crippen LogP contribution in [-0.2, 0) is 0 Å². The van der Waals surface area contributed by atoms with Crippen molar-refractivity contribution < 1.29 is 14.5 Å². The van der Waals surface area contributed by atoms with Crippen molar-refractivity contribution in [3.8, 4) is 5.75 Å². The number of carbonyl (C=O) groups is 1. The van der Waals surface area contributed by atoms with Gasteiger partial charge in [-0.3, -0.25) is 15.1 Å². The number of esters is 1. The summed E-state index contributed by atoms with van der Waals surface area (Å²) in [6.07, 6.45) is 1.52. The number of hydrogen-bond acceptors (Lipinski definition) is 5. The Hall–Kier alpha value is -3.22. The molecule has 0 saturated heterocycles. The van der Waals surface area contributed by atoms with Gasteiger partial charge in [0.15, 0.2) is 0 Å². The normalized spacial score (nSPS) is 10.9. The first-order chi connectivity index (χ1) is 14.2. The Bertz CT molecular complexity index is 1180. The van der Waals surface area contributed by atoms with E-state index in [4.69, 9.17) is 27.9 Å². The van der Waals surface area contributed by atoms with Crippen LogP contribution in [0.15, 0.2) is 59.6 Å².